The third kappa shape index (κ3) is 3.46. The maximum Gasteiger partial charge on any atom is 0.329 e. The van der Waals surface area contributed by atoms with Crippen LogP contribution in [0.4, 0.5) is 0 Å². The molecule has 0 saturated carbocycles. The number of amides is 1. The Balaban J connectivity index is 2.22. The Morgan fingerprint density at radius 2 is 2.10 bits per heavy atom. The number of benzene rings is 1. The Hall–Kier alpha value is -1.36. The van der Waals surface area contributed by atoms with Crippen LogP contribution in [0.3, 0.4) is 0 Å². The monoisotopic (exact) mass is 353 g/mol. The Kier molecular flexibility index (Phi) is 4.42. The summed E-state index contributed by atoms with van der Waals surface area (Å²) in [6.07, 6.45) is 0.538. The number of rotatable bonds is 3. The van der Waals surface area contributed by atoms with Gasteiger partial charge in [0, 0.05) is 16.6 Å². The van der Waals surface area contributed by atoms with Gasteiger partial charge in [0.15, 0.2) is 0 Å². The van der Waals surface area contributed by atoms with Crippen molar-refractivity contribution in [3.05, 3.63) is 33.8 Å². The van der Waals surface area contributed by atoms with Gasteiger partial charge < -0.3 is 9.64 Å². The van der Waals surface area contributed by atoms with Gasteiger partial charge in [-0.1, -0.05) is 28.9 Å². The Morgan fingerprint density at radius 1 is 1.43 bits per heavy atom. The first-order valence-corrected chi connectivity index (χ1v) is 7.84. The number of hydrogen-bond donors (Lipinski definition) is 0. The highest BCUT2D eigenvalue weighted by Crippen LogP contribution is 2.29. The molecule has 114 valence electrons. The van der Waals surface area contributed by atoms with Crippen molar-refractivity contribution in [1.82, 2.24) is 4.90 Å². The van der Waals surface area contributed by atoms with Crippen molar-refractivity contribution in [2.45, 2.75) is 52.3 Å². The minimum Gasteiger partial charge on any atom is -0.458 e. The molecule has 1 aromatic carbocycles. The molecule has 0 N–H and O–H groups in total. The molecule has 0 spiro atoms. The average molecular weight is 354 g/mol. The summed E-state index contributed by atoms with van der Waals surface area (Å²) >= 11 is 3.37. The fourth-order valence-corrected chi connectivity index (χ4v) is 2.79. The van der Waals surface area contributed by atoms with Crippen LogP contribution in [0, 0.1) is 0 Å². The van der Waals surface area contributed by atoms with Crippen molar-refractivity contribution in [1.29, 1.82) is 0 Å². The summed E-state index contributed by atoms with van der Waals surface area (Å²) in [7, 11) is 0. The van der Waals surface area contributed by atoms with Crippen LogP contribution in [0.1, 0.15) is 50.0 Å². The van der Waals surface area contributed by atoms with Gasteiger partial charge >= 0.3 is 5.97 Å². The van der Waals surface area contributed by atoms with Crippen molar-refractivity contribution in [2.75, 3.05) is 0 Å². The molecule has 0 saturated heterocycles. The summed E-state index contributed by atoms with van der Waals surface area (Å²) in [5.41, 5.74) is 1.06. The fraction of sp³-hybridized carbons (Fsp3) is 0.500. The number of esters is 1. The Morgan fingerprint density at radius 3 is 2.67 bits per heavy atom. The summed E-state index contributed by atoms with van der Waals surface area (Å²) in [6, 6.07) is 5.09. The van der Waals surface area contributed by atoms with Crippen LogP contribution < -0.4 is 0 Å². The minimum absolute atomic E-state index is 0.107. The average Bonchev–Trinajstić information content (AvgIpc) is 2.66. The lowest BCUT2D eigenvalue weighted by Gasteiger charge is -2.29. The van der Waals surface area contributed by atoms with E-state index >= 15 is 0 Å². The van der Waals surface area contributed by atoms with Gasteiger partial charge in [0.05, 0.1) is 0 Å². The lowest BCUT2D eigenvalue weighted by Crippen LogP contribution is -2.44. The number of hydrogen-bond acceptors (Lipinski definition) is 3. The molecule has 0 aliphatic carbocycles. The predicted octanol–water partition coefficient (Wildman–Crippen LogP) is 3.53. The number of carbonyl (C=O) groups is 2. The molecule has 0 unspecified atom stereocenters. The van der Waals surface area contributed by atoms with Crippen molar-refractivity contribution >= 4 is 27.8 Å². The topological polar surface area (TPSA) is 46.6 Å². The molecule has 1 aliphatic rings. The van der Waals surface area contributed by atoms with Gasteiger partial charge in [-0.05, 0) is 44.9 Å². The van der Waals surface area contributed by atoms with Crippen molar-refractivity contribution in [2.24, 2.45) is 0 Å². The number of carbonyl (C=O) groups excluding carboxylic acids is 2. The highest BCUT2D eigenvalue weighted by Gasteiger charge is 2.37. The largest absolute Gasteiger partial charge is 0.458 e. The molecule has 4 nitrogen and oxygen atoms in total. The second kappa shape index (κ2) is 5.79. The van der Waals surface area contributed by atoms with Gasteiger partial charge in [-0.15, -0.1) is 0 Å². The van der Waals surface area contributed by atoms with E-state index in [9.17, 15) is 9.59 Å². The number of halogens is 1. The van der Waals surface area contributed by atoms with Gasteiger partial charge in [-0.2, -0.15) is 0 Å². The van der Waals surface area contributed by atoms with E-state index in [1.165, 1.54) is 0 Å². The van der Waals surface area contributed by atoms with Crippen LogP contribution in [-0.2, 0) is 16.1 Å². The van der Waals surface area contributed by atoms with Crippen molar-refractivity contribution in [3.63, 3.8) is 0 Å². The standard InChI is InChI=1S/C16H20BrNO3/c1-5-13(15(20)21-16(2,3)4)18-9-10-6-7-11(17)8-12(10)14(18)19/h6-8,13H,5,9H2,1-4H3/t13-/m0/s1. The zero-order chi connectivity index (χ0) is 15.8. The van der Waals surface area contributed by atoms with Gasteiger partial charge in [0.2, 0.25) is 0 Å². The highest BCUT2D eigenvalue weighted by molar-refractivity contribution is 9.10. The van der Waals surface area contributed by atoms with Crippen LogP contribution in [0.2, 0.25) is 0 Å². The minimum atomic E-state index is -0.552. The maximum absolute atomic E-state index is 12.5. The molecule has 0 fully saturated rings. The van der Waals surface area contributed by atoms with Gasteiger partial charge in [0.25, 0.3) is 5.91 Å². The molecule has 5 heteroatoms. The summed E-state index contributed by atoms with van der Waals surface area (Å²) in [5, 5.41) is 0. The molecule has 0 radical (unpaired) electrons. The summed E-state index contributed by atoms with van der Waals surface area (Å²) in [6.45, 7) is 7.83. The molecule has 2 rings (SSSR count). The fourth-order valence-electron chi connectivity index (χ4n) is 2.43. The summed E-state index contributed by atoms with van der Waals surface area (Å²) in [4.78, 5) is 26.4. The van der Waals surface area contributed by atoms with E-state index in [1.807, 2.05) is 39.8 Å². The summed E-state index contributed by atoms with van der Waals surface area (Å²) < 4.78 is 6.29. The normalized spacial score (nSPS) is 15.9. The molecular weight excluding hydrogens is 334 g/mol. The third-order valence-electron chi connectivity index (χ3n) is 3.35. The molecule has 0 bridgehead atoms. The number of ether oxygens (including phenoxy) is 1. The first kappa shape index (κ1) is 16.0. The molecule has 0 aromatic heterocycles. The zero-order valence-corrected chi connectivity index (χ0v) is 14.4. The van der Waals surface area contributed by atoms with E-state index in [-0.39, 0.29) is 11.9 Å². The van der Waals surface area contributed by atoms with E-state index in [0.29, 0.717) is 18.5 Å². The van der Waals surface area contributed by atoms with Gasteiger partial charge in [0.1, 0.15) is 11.6 Å². The second-order valence-electron chi connectivity index (χ2n) is 6.19. The maximum atomic E-state index is 12.5. The van der Waals surface area contributed by atoms with Crippen molar-refractivity contribution in [3.8, 4) is 0 Å². The number of fused-ring (bicyclic) bond motifs is 1. The van der Waals surface area contributed by atoms with Crippen molar-refractivity contribution < 1.29 is 14.3 Å². The Bertz CT molecular complexity index is 577. The van der Waals surface area contributed by atoms with E-state index < -0.39 is 11.6 Å². The Labute approximate surface area is 133 Å². The lowest BCUT2D eigenvalue weighted by molar-refractivity contribution is -0.160. The van der Waals surface area contributed by atoms with Crippen LogP contribution >= 0.6 is 15.9 Å². The zero-order valence-electron chi connectivity index (χ0n) is 12.8. The van der Waals surface area contributed by atoms with E-state index in [1.54, 1.807) is 11.0 Å². The number of nitrogens with zero attached hydrogens (tertiary/aromatic N) is 1. The van der Waals surface area contributed by atoms with Gasteiger partial charge in [-0.3, -0.25) is 4.79 Å². The predicted molar refractivity (Wildman–Crippen MR) is 83.9 cm³/mol. The van der Waals surface area contributed by atoms with E-state index in [4.69, 9.17) is 4.74 Å². The quantitative estimate of drug-likeness (QED) is 0.781. The smallest absolute Gasteiger partial charge is 0.329 e. The lowest BCUT2D eigenvalue weighted by atomic mass is 10.1. The van der Waals surface area contributed by atoms with Crippen LogP contribution in [0.25, 0.3) is 0 Å². The van der Waals surface area contributed by atoms with Crippen LogP contribution in [0.5, 0.6) is 0 Å². The first-order valence-electron chi connectivity index (χ1n) is 7.05. The highest BCUT2D eigenvalue weighted by atomic mass is 79.9. The molecule has 21 heavy (non-hydrogen) atoms. The van der Waals surface area contributed by atoms with E-state index in [0.717, 1.165) is 10.0 Å². The second-order valence-corrected chi connectivity index (χ2v) is 7.11. The first-order chi connectivity index (χ1) is 9.73. The molecule has 1 amide bonds. The molecule has 1 aliphatic heterocycles. The molecule has 1 aromatic rings. The van der Waals surface area contributed by atoms with Crippen LogP contribution in [-0.4, -0.2) is 28.4 Å². The summed E-state index contributed by atoms with van der Waals surface area (Å²) in [5.74, 6) is -0.450. The van der Waals surface area contributed by atoms with Crippen LogP contribution in [0.15, 0.2) is 22.7 Å². The molecule has 1 heterocycles. The molecule has 1 atom stereocenters. The van der Waals surface area contributed by atoms with E-state index in [2.05, 4.69) is 15.9 Å². The SMILES string of the molecule is CC[C@@H](C(=O)OC(C)(C)C)N1Cc2ccc(Br)cc2C1=O. The third-order valence-corrected chi connectivity index (χ3v) is 3.84. The van der Waals surface area contributed by atoms with Gasteiger partial charge in [-0.25, -0.2) is 4.79 Å². The molecular formula is C16H20BrNO3.